The van der Waals surface area contributed by atoms with Crippen LogP contribution >= 0.6 is 11.3 Å². The number of rotatable bonds is 9. The maximum absolute atomic E-state index is 12.4. The van der Waals surface area contributed by atoms with Crippen molar-refractivity contribution in [3.05, 3.63) is 45.8 Å². The Morgan fingerprint density at radius 2 is 1.72 bits per heavy atom. The molecule has 2 amide bonds. The number of carbonyl (C=O) groups excluding carboxylic acids is 4. The number of esters is 2. The fraction of sp³-hybridized carbons (Fsp3) is 0.364. The fourth-order valence-corrected chi connectivity index (χ4v) is 3.82. The Morgan fingerprint density at radius 1 is 1.06 bits per heavy atom. The molecule has 2 rings (SSSR count). The van der Waals surface area contributed by atoms with Gasteiger partial charge in [0.05, 0.1) is 17.0 Å². The number of hydrogen-bond acceptors (Lipinski definition) is 8. The normalized spacial score (nSPS) is 11.3. The van der Waals surface area contributed by atoms with E-state index < -0.39 is 36.5 Å². The summed E-state index contributed by atoms with van der Waals surface area (Å²) in [5.41, 5.74) is 1.53. The molecule has 2 N–H and O–H groups in total. The zero-order chi connectivity index (χ0) is 23.8. The lowest BCUT2D eigenvalue weighted by Crippen LogP contribution is -2.29. The van der Waals surface area contributed by atoms with Crippen LogP contribution in [0.1, 0.15) is 45.0 Å². The van der Waals surface area contributed by atoms with Crippen LogP contribution in [0.5, 0.6) is 5.75 Å². The largest absolute Gasteiger partial charge is 0.479 e. The Hall–Kier alpha value is -3.40. The molecule has 32 heavy (non-hydrogen) atoms. The predicted octanol–water partition coefficient (Wildman–Crippen LogP) is 2.85. The van der Waals surface area contributed by atoms with Crippen molar-refractivity contribution in [3.63, 3.8) is 0 Å². The molecule has 0 spiro atoms. The summed E-state index contributed by atoms with van der Waals surface area (Å²) in [6, 6.07) is 7.15. The average Bonchev–Trinajstić information content (AvgIpc) is 3.08. The second-order valence-corrected chi connectivity index (χ2v) is 7.81. The first-order valence-electron chi connectivity index (χ1n) is 9.90. The molecule has 2 aromatic rings. The minimum atomic E-state index is -0.926. The van der Waals surface area contributed by atoms with E-state index in [2.05, 4.69) is 10.6 Å². The third-order valence-corrected chi connectivity index (χ3v) is 5.53. The summed E-state index contributed by atoms with van der Waals surface area (Å²) in [6.45, 7) is 6.23. The van der Waals surface area contributed by atoms with Crippen LogP contribution in [0.4, 0.5) is 5.00 Å². The number of amides is 2. The van der Waals surface area contributed by atoms with E-state index in [9.17, 15) is 19.2 Å². The van der Waals surface area contributed by atoms with E-state index in [1.54, 1.807) is 26.0 Å². The number of nitrogens with one attached hydrogen (secondary N) is 2. The van der Waals surface area contributed by atoms with Crippen LogP contribution in [0.2, 0.25) is 0 Å². The zero-order valence-electron chi connectivity index (χ0n) is 18.6. The van der Waals surface area contributed by atoms with E-state index in [1.807, 2.05) is 19.1 Å². The number of benzene rings is 1. The molecule has 172 valence electrons. The Labute approximate surface area is 190 Å². The average molecular weight is 463 g/mol. The number of hydrogen-bond donors (Lipinski definition) is 2. The van der Waals surface area contributed by atoms with Crippen molar-refractivity contribution in [2.75, 3.05) is 25.6 Å². The smallest absolute Gasteiger partial charge is 0.347 e. The van der Waals surface area contributed by atoms with Crippen molar-refractivity contribution in [2.45, 2.75) is 33.8 Å². The Bertz CT molecular complexity index is 998. The first-order chi connectivity index (χ1) is 15.2. The van der Waals surface area contributed by atoms with Gasteiger partial charge in [-0.15, -0.1) is 11.3 Å². The topological polar surface area (TPSA) is 120 Å². The summed E-state index contributed by atoms with van der Waals surface area (Å²) < 4.78 is 15.6. The van der Waals surface area contributed by atoms with Gasteiger partial charge in [0.2, 0.25) is 0 Å². The van der Waals surface area contributed by atoms with Crippen molar-refractivity contribution in [3.8, 4) is 5.75 Å². The molecule has 0 bridgehead atoms. The summed E-state index contributed by atoms with van der Waals surface area (Å²) in [4.78, 5) is 49.2. The van der Waals surface area contributed by atoms with Crippen LogP contribution < -0.4 is 15.4 Å². The predicted molar refractivity (Wildman–Crippen MR) is 119 cm³/mol. The standard InChI is InChI=1S/C22H26N2O7S/c1-6-29-22(28)17-13(3)18(19(26)23-5)32-20(17)24-16(25)11-30-21(27)14(4)31-15-9-7-12(2)8-10-15/h7-10,14H,6,11H2,1-5H3,(H,23,26)(H,24,25). The first kappa shape index (κ1) is 24.9. The minimum absolute atomic E-state index is 0.0891. The maximum atomic E-state index is 12.4. The van der Waals surface area contributed by atoms with Gasteiger partial charge in [-0.1, -0.05) is 17.7 Å². The summed E-state index contributed by atoms with van der Waals surface area (Å²) in [6.07, 6.45) is -0.926. The lowest BCUT2D eigenvalue weighted by atomic mass is 10.1. The molecule has 10 heteroatoms. The molecule has 0 aliphatic heterocycles. The van der Waals surface area contributed by atoms with Crippen molar-refractivity contribution in [1.29, 1.82) is 0 Å². The Balaban J connectivity index is 2.03. The third-order valence-electron chi connectivity index (χ3n) is 4.32. The SMILES string of the molecule is CCOC(=O)c1c(NC(=O)COC(=O)C(C)Oc2ccc(C)cc2)sc(C(=O)NC)c1C. The highest BCUT2D eigenvalue weighted by Gasteiger charge is 2.26. The van der Waals surface area contributed by atoms with E-state index in [0.717, 1.165) is 16.9 Å². The van der Waals surface area contributed by atoms with Crippen LogP contribution in [0.3, 0.4) is 0 Å². The zero-order valence-corrected chi connectivity index (χ0v) is 19.4. The summed E-state index contributed by atoms with van der Waals surface area (Å²) in [7, 11) is 1.46. The minimum Gasteiger partial charge on any atom is -0.479 e. The molecular weight excluding hydrogens is 436 g/mol. The molecule has 0 fully saturated rings. The van der Waals surface area contributed by atoms with Gasteiger partial charge in [-0.05, 0) is 45.4 Å². The molecule has 1 unspecified atom stereocenters. The molecule has 0 aliphatic rings. The summed E-state index contributed by atoms with van der Waals surface area (Å²) in [5.74, 6) is -1.95. The van der Waals surface area contributed by atoms with Crippen LogP contribution in [-0.2, 0) is 19.1 Å². The molecule has 0 radical (unpaired) electrons. The Kier molecular flexibility index (Phi) is 8.77. The second-order valence-electron chi connectivity index (χ2n) is 6.79. The van der Waals surface area contributed by atoms with Gasteiger partial charge in [0.25, 0.3) is 11.8 Å². The third kappa shape index (κ3) is 6.30. The number of aryl methyl sites for hydroxylation is 1. The molecule has 1 heterocycles. The van der Waals surface area contributed by atoms with Gasteiger partial charge in [-0.25, -0.2) is 9.59 Å². The number of carbonyl (C=O) groups is 4. The quantitative estimate of drug-likeness (QED) is 0.550. The molecule has 9 nitrogen and oxygen atoms in total. The monoisotopic (exact) mass is 462 g/mol. The van der Waals surface area contributed by atoms with Crippen molar-refractivity contribution < 1.29 is 33.4 Å². The van der Waals surface area contributed by atoms with Crippen LogP contribution in [-0.4, -0.2) is 50.1 Å². The highest BCUT2D eigenvalue weighted by atomic mass is 32.1. The van der Waals surface area contributed by atoms with Gasteiger partial charge >= 0.3 is 11.9 Å². The molecule has 1 atom stereocenters. The van der Waals surface area contributed by atoms with E-state index in [4.69, 9.17) is 14.2 Å². The van der Waals surface area contributed by atoms with Crippen LogP contribution in [0.25, 0.3) is 0 Å². The molecule has 0 saturated carbocycles. The molecule has 0 saturated heterocycles. The summed E-state index contributed by atoms with van der Waals surface area (Å²) in [5, 5.41) is 5.15. The Morgan fingerprint density at radius 3 is 2.31 bits per heavy atom. The highest BCUT2D eigenvalue weighted by molar-refractivity contribution is 7.18. The summed E-state index contributed by atoms with van der Waals surface area (Å²) >= 11 is 0.935. The number of anilines is 1. The second kappa shape index (κ2) is 11.3. The maximum Gasteiger partial charge on any atom is 0.347 e. The van der Waals surface area contributed by atoms with E-state index >= 15 is 0 Å². The van der Waals surface area contributed by atoms with E-state index in [0.29, 0.717) is 11.3 Å². The molecule has 0 aliphatic carbocycles. The van der Waals surface area contributed by atoms with Gasteiger partial charge in [0, 0.05) is 7.05 Å². The first-order valence-corrected chi connectivity index (χ1v) is 10.7. The van der Waals surface area contributed by atoms with Gasteiger partial charge in [0.15, 0.2) is 12.7 Å². The van der Waals surface area contributed by atoms with Gasteiger partial charge in [-0.3, -0.25) is 9.59 Å². The van der Waals surface area contributed by atoms with Gasteiger partial charge in [-0.2, -0.15) is 0 Å². The van der Waals surface area contributed by atoms with Gasteiger partial charge in [0.1, 0.15) is 10.8 Å². The highest BCUT2D eigenvalue weighted by Crippen LogP contribution is 2.33. The van der Waals surface area contributed by atoms with Crippen LogP contribution in [0.15, 0.2) is 24.3 Å². The van der Waals surface area contributed by atoms with Crippen molar-refractivity contribution in [1.82, 2.24) is 5.32 Å². The van der Waals surface area contributed by atoms with Gasteiger partial charge < -0.3 is 24.8 Å². The molecular formula is C22H26N2O7S. The number of thiophene rings is 1. The number of ether oxygens (including phenoxy) is 3. The van der Waals surface area contributed by atoms with Crippen LogP contribution in [0, 0.1) is 13.8 Å². The lowest BCUT2D eigenvalue weighted by Gasteiger charge is -2.14. The van der Waals surface area contributed by atoms with E-state index in [-0.39, 0.29) is 22.0 Å². The molecule has 1 aromatic heterocycles. The fourth-order valence-electron chi connectivity index (χ4n) is 2.67. The van der Waals surface area contributed by atoms with Crippen molar-refractivity contribution >= 4 is 40.1 Å². The molecule has 1 aromatic carbocycles. The van der Waals surface area contributed by atoms with Crippen molar-refractivity contribution in [2.24, 2.45) is 0 Å². The lowest BCUT2D eigenvalue weighted by molar-refractivity contribution is -0.153. The van der Waals surface area contributed by atoms with E-state index in [1.165, 1.54) is 14.0 Å².